The van der Waals surface area contributed by atoms with Gasteiger partial charge in [0.1, 0.15) is 0 Å². The van der Waals surface area contributed by atoms with Crippen molar-refractivity contribution < 1.29 is 14.3 Å². The number of rotatable bonds is 7. The second-order valence-electron chi connectivity index (χ2n) is 3.66. The Morgan fingerprint density at radius 3 is 2.67 bits per heavy atom. The summed E-state index contributed by atoms with van der Waals surface area (Å²) in [6.45, 7) is 5.30. The van der Waals surface area contributed by atoms with Gasteiger partial charge in [0.15, 0.2) is 18.1 Å². The van der Waals surface area contributed by atoms with Gasteiger partial charge in [0.2, 0.25) is 0 Å². The first-order chi connectivity index (χ1) is 8.71. The van der Waals surface area contributed by atoms with Crippen LogP contribution >= 0.6 is 0 Å². The van der Waals surface area contributed by atoms with Crippen LogP contribution in [0.3, 0.4) is 0 Å². The zero-order valence-electron chi connectivity index (χ0n) is 10.9. The molecule has 0 spiro atoms. The van der Waals surface area contributed by atoms with Crippen LogP contribution in [0.2, 0.25) is 0 Å². The molecule has 0 aliphatic rings. The minimum absolute atomic E-state index is 0.0180. The molecule has 0 bridgehead atoms. The van der Waals surface area contributed by atoms with Crippen LogP contribution in [-0.4, -0.2) is 25.7 Å². The van der Waals surface area contributed by atoms with E-state index in [1.54, 1.807) is 6.07 Å². The molecule has 0 aliphatic heterocycles. The number of amides is 1. The summed E-state index contributed by atoms with van der Waals surface area (Å²) >= 11 is 0. The third-order valence-electron chi connectivity index (χ3n) is 2.28. The lowest BCUT2D eigenvalue weighted by Crippen LogP contribution is -2.28. The maximum absolute atomic E-state index is 11.3. The number of ether oxygens (including phenoxy) is 2. The Balaban J connectivity index is 2.71. The number of nitrogens with one attached hydrogen (secondary N) is 1. The number of carbonyl (C=O) groups excluding carboxylic acids is 1. The number of benzene rings is 1. The molecule has 3 N–H and O–H groups in total. The van der Waals surface area contributed by atoms with Crippen molar-refractivity contribution in [2.45, 2.75) is 20.4 Å². The fourth-order valence-corrected chi connectivity index (χ4v) is 1.46. The largest absolute Gasteiger partial charge is 0.490 e. The lowest BCUT2D eigenvalue weighted by molar-refractivity contribution is -0.123. The first-order valence-corrected chi connectivity index (χ1v) is 6.06. The van der Waals surface area contributed by atoms with Gasteiger partial charge in [0, 0.05) is 13.1 Å². The van der Waals surface area contributed by atoms with Crippen LogP contribution < -0.4 is 20.5 Å². The molecule has 0 aromatic heterocycles. The van der Waals surface area contributed by atoms with Gasteiger partial charge in [-0.3, -0.25) is 4.79 Å². The van der Waals surface area contributed by atoms with E-state index in [2.05, 4.69) is 5.32 Å². The highest BCUT2D eigenvalue weighted by Gasteiger charge is 2.08. The van der Waals surface area contributed by atoms with Crippen molar-refractivity contribution in [2.75, 3.05) is 19.8 Å². The molecule has 0 atom stereocenters. The standard InChI is InChI=1S/C13H20N2O3/c1-3-15-13(16)9-18-11-6-5-10(8-14)7-12(11)17-4-2/h5-7H,3-4,8-9,14H2,1-2H3,(H,15,16). The Morgan fingerprint density at radius 1 is 1.28 bits per heavy atom. The molecule has 0 fully saturated rings. The highest BCUT2D eigenvalue weighted by atomic mass is 16.5. The Hall–Kier alpha value is -1.75. The summed E-state index contributed by atoms with van der Waals surface area (Å²) in [4.78, 5) is 11.3. The van der Waals surface area contributed by atoms with Crippen molar-refractivity contribution in [3.05, 3.63) is 23.8 Å². The second-order valence-corrected chi connectivity index (χ2v) is 3.66. The highest BCUT2D eigenvalue weighted by molar-refractivity contribution is 5.77. The summed E-state index contributed by atoms with van der Waals surface area (Å²) < 4.78 is 10.9. The molecular weight excluding hydrogens is 232 g/mol. The summed E-state index contributed by atoms with van der Waals surface area (Å²) in [5.41, 5.74) is 6.53. The highest BCUT2D eigenvalue weighted by Crippen LogP contribution is 2.28. The van der Waals surface area contributed by atoms with Crippen molar-refractivity contribution in [2.24, 2.45) is 5.73 Å². The van der Waals surface area contributed by atoms with Gasteiger partial charge in [0.05, 0.1) is 6.61 Å². The normalized spacial score (nSPS) is 9.94. The van der Waals surface area contributed by atoms with Crippen LogP contribution in [0.25, 0.3) is 0 Å². The monoisotopic (exact) mass is 252 g/mol. The SMILES string of the molecule is CCNC(=O)COc1ccc(CN)cc1OCC. The molecule has 0 radical (unpaired) electrons. The zero-order valence-corrected chi connectivity index (χ0v) is 10.9. The van der Waals surface area contributed by atoms with Crippen molar-refractivity contribution in [3.63, 3.8) is 0 Å². The quantitative estimate of drug-likeness (QED) is 0.761. The van der Waals surface area contributed by atoms with Crippen molar-refractivity contribution in [1.29, 1.82) is 0 Å². The van der Waals surface area contributed by atoms with E-state index in [1.807, 2.05) is 26.0 Å². The van der Waals surface area contributed by atoms with Crippen LogP contribution in [-0.2, 0) is 11.3 Å². The smallest absolute Gasteiger partial charge is 0.257 e. The molecule has 0 unspecified atom stereocenters. The molecule has 0 saturated heterocycles. The van der Waals surface area contributed by atoms with Gasteiger partial charge in [0.25, 0.3) is 5.91 Å². The van der Waals surface area contributed by atoms with Crippen LogP contribution in [0.15, 0.2) is 18.2 Å². The molecule has 1 rings (SSSR count). The average molecular weight is 252 g/mol. The van der Waals surface area contributed by atoms with E-state index >= 15 is 0 Å². The van der Waals surface area contributed by atoms with E-state index in [-0.39, 0.29) is 12.5 Å². The number of hydrogen-bond acceptors (Lipinski definition) is 4. The maximum atomic E-state index is 11.3. The third kappa shape index (κ3) is 4.25. The predicted molar refractivity (Wildman–Crippen MR) is 69.7 cm³/mol. The second kappa shape index (κ2) is 7.55. The molecule has 0 aliphatic carbocycles. The lowest BCUT2D eigenvalue weighted by atomic mass is 10.2. The lowest BCUT2D eigenvalue weighted by Gasteiger charge is -2.12. The van der Waals surface area contributed by atoms with Gasteiger partial charge in [-0.2, -0.15) is 0 Å². The summed E-state index contributed by atoms with van der Waals surface area (Å²) in [6, 6.07) is 5.46. The van der Waals surface area contributed by atoms with E-state index in [0.717, 1.165) is 5.56 Å². The molecule has 5 heteroatoms. The van der Waals surface area contributed by atoms with E-state index in [0.29, 0.717) is 31.2 Å². The van der Waals surface area contributed by atoms with E-state index in [1.165, 1.54) is 0 Å². The molecule has 18 heavy (non-hydrogen) atoms. The molecule has 0 saturated carbocycles. The zero-order chi connectivity index (χ0) is 13.4. The fourth-order valence-electron chi connectivity index (χ4n) is 1.46. The van der Waals surface area contributed by atoms with E-state index in [9.17, 15) is 4.79 Å². The minimum Gasteiger partial charge on any atom is -0.490 e. The molecule has 1 aromatic rings. The van der Waals surface area contributed by atoms with Crippen LogP contribution in [0, 0.1) is 0 Å². The van der Waals surface area contributed by atoms with Crippen molar-refractivity contribution >= 4 is 5.91 Å². The molecular formula is C13H20N2O3. The van der Waals surface area contributed by atoms with Gasteiger partial charge >= 0.3 is 0 Å². The first kappa shape index (κ1) is 14.3. The number of nitrogens with two attached hydrogens (primary N) is 1. The van der Waals surface area contributed by atoms with Crippen molar-refractivity contribution in [1.82, 2.24) is 5.32 Å². The average Bonchev–Trinajstić information content (AvgIpc) is 2.38. The Bertz CT molecular complexity index is 394. The van der Waals surface area contributed by atoms with E-state index in [4.69, 9.17) is 15.2 Å². The van der Waals surface area contributed by atoms with E-state index < -0.39 is 0 Å². The maximum Gasteiger partial charge on any atom is 0.257 e. The third-order valence-corrected chi connectivity index (χ3v) is 2.28. The molecule has 0 heterocycles. The van der Waals surface area contributed by atoms with Crippen molar-refractivity contribution in [3.8, 4) is 11.5 Å². The number of carbonyl (C=O) groups is 1. The van der Waals surface area contributed by atoms with Gasteiger partial charge in [-0.25, -0.2) is 0 Å². The van der Waals surface area contributed by atoms with Gasteiger partial charge in [-0.15, -0.1) is 0 Å². The predicted octanol–water partition coefficient (Wildman–Crippen LogP) is 1.06. The molecule has 100 valence electrons. The van der Waals surface area contributed by atoms with Crippen LogP contribution in [0.5, 0.6) is 11.5 Å². The van der Waals surface area contributed by atoms with Gasteiger partial charge < -0.3 is 20.5 Å². The van der Waals surface area contributed by atoms with Crippen LogP contribution in [0.1, 0.15) is 19.4 Å². The molecule has 1 amide bonds. The Kier molecular flexibility index (Phi) is 6.00. The van der Waals surface area contributed by atoms with Crippen LogP contribution in [0.4, 0.5) is 0 Å². The Labute approximate surface area is 107 Å². The summed E-state index contributed by atoms with van der Waals surface area (Å²) in [5.74, 6) is 1.02. The summed E-state index contributed by atoms with van der Waals surface area (Å²) in [7, 11) is 0. The minimum atomic E-state index is -0.150. The topological polar surface area (TPSA) is 73.6 Å². The fraction of sp³-hybridized carbons (Fsp3) is 0.462. The number of hydrogen-bond donors (Lipinski definition) is 2. The summed E-state index contributed by atoms with van der Waals surface area (Å²) in [5, 5.41) is 2.67. The molecule has 1 aromatic carbocycles. The Morgan fingerprint density at radius 2 is 2.06 bits per heavy atom. The summed E-state index contributed by atoms with van der Waals surface area (Å²) in [6.07, 6.45) is 0. The first-order valence-electron chi connectivity index (χ1n) is 6.06. The molecule has 5 nitrogen and oxygen atoms in total. The van der Waals surface area contributed by atoms with Gasteiger partial charge in [-0.1, -0.05) is 6.07 Å². The van der Waals surface area contributed by atoms with Gasteiger partial charge in [-0.05, 0) is 31.5 Å². The number of likely N-dealkylation sites (N-methyl/N-ethyl adjacent to an activating group) is 1.